The predicted octanol–water partition coefficient (Wildman–Crippen LogP) is 4.84. The number of rotatable bonds is 4. The zero-order valence-corrected chi connectivity index (χ0v) is 14.7. The van der Waals surface area contributed by atoms with Crippen LogP contribution in [0.15, 0.2) is 24.3 Å². The average Bonchev–Trinajstić information content (AvgIpc) is 3.18. The maximum atomic E-state index is 6.05. The quantitative estimate of drug-likeness (QED) is 0.788. The Bertz CT molecular complexity index is 532. The lowest BCUT2D eigenvalue weighted by Crippen LogP contribution is -2.43. The van der Waals surface area contributed by atoms with Gasteiger partial charge in [-0.1, -0.05) is 24.6 Å². The van der Waals surface area contributed by atoms with Gasteiger partial charge in [0.2, 0.25) is 0 Å². The smallest absolute Gasteiger partial charge is 0.123 e. The van der Waals surface area contributed by atoms with Gasteiger partial charge >= 0.3 is 0 Å². The second-order valence-electron chi connectivity index (χ2n) is 8.26. The molecule has 1 saturated heterocycles. The summed E-state index contributed by atoms with van der Waals surface area (Å²) in [6, 6.07) is 9.63. The summed E-state index contributed by atoms with van der Waals surface area (Å²) in [5.41, 5.74) is 1.44. The second kappa shape index (κ2) is 6.47. The van der Waals surface area contributed by atoms with E-state index in [-0.39, 0.29) is 6.10 Å². The minimum atomic E-state index is 0.255. The average molecular weight is 313 g/mol. The van der Waals surface area contributed by atoms with E-state index in [1.54, 1.807) is 0 Å². The predicted molar refractivity (Wildman–Crippen MR) is 95.0 cm³/mol. The molecule has 3 fully saturated rings. The molecule has 126 valence electrons. The summed E-state index contributed by atoms with van der Waals surface area (Å²) in [4.78, 5) is 2.83. The molecule has 23 heavy (non-hydrogen) atoms. The Morgan fingerprint density at radius 1 is 1.00 bits per heavy atom. The summed E-state index contributed by atoms with van der Waals surface area (Å²) in [5, 5.41) is 0. The molecule has 0 radical (unpaired) electrons. The van der Waals surface area contributed by atoms with Crippen molar-refractivity contribution in [1.82, 2.24) is 4.90 Å². The molecule has 3 atom stereocenters. The van der Waals surface area contributed by atoms with Crippen LogP contribution in [0, 0.1) is 11.8 Å². The molecule has 1 aliphatic heterocycles. The fourth-order valence-corrected chi connectivity index (χ4v) is 5.38. The van der Waals surface area contributed by atoms with Crippen molar-refractivity contribution in [2.75, 3.05) is 13.1 Å². The number of fused-ring (bicyclic) bond motifs is 2. The summed E-state index contributed by atoms with van der Waals surface area (Å²) in [6.45, 7) is 6.81. The normalized spacial score (nSPS) is 31.9. The lowest BCUT2D eigenvalue weighted by Gasteiger charge is -2.40. The van der Waals surface area contributed by atoms with Crippen LogP contribution in [0.5, 0.6) is 5.75 Å². The van der Waals surface area contributed by atoms with Crippen LogP contribution in [0.2, 0.25) is 0 Å². The summed E-state index contributed by atoms with van der Waals surface area (Å²) in [5.74, 6) is 3.87. The monoisotopic (exact) mass is 313 g/mol. The van der Waals surface area contributed by atoms with Gasteiger partial charge < -0.3 is 9.64 Å². The van der Waals surface area contributed by atoms with Gasteiger partial charge in [0.15, 0.2) is 0 Å². The third-order valence-corrected chi connectivity index (χ3v) is 6.42. The van der Waals surface area contributed by atoms with Gasteiger partial charge in [-0.15, -0.1) is 0 Å². The van der Waals surface area contributed by atoms with Gasteiger partial charge in [-0.25, -0.2) is 0 Å². The van der Waals surface area contributed by atoms with Gasteiger partial charge in [-0.3, -0.25) is 0 Å². The molecule has 2 saturated carbocycles. The molecule has 2 bridgehead atoms. The molecule has 2 nitrogen and oxygen atoms in total. The maximum absolute atomic E-state index is 6.05. The first kappa shape index (κ1) is 15.5. The first-order chi connectivity index (χ1) is 11.2. The second-order valence-corrected chi connectivity index (χ2v) is 8.26. The zero-order valence-electron chi connectivity index (χ0n) is 14.7. The molecule has 1 aromatic rings. The van der Waals surface area contributed by atoms with Crippen molar-refractivity contribution >= 4 is 0 Å². The maximum Gasteiger partial charge on any atom is 0.123 e. The molecule has 2 unspecified atom stereocenters. The van der Waals surface area contributed by atoms with Gasteiger partial charge in [0.05, 0.1) is 6.10 Å². The Hall–Kier alpha value is -1.02. The van der Waals surface area contributed by atoms with Crippen LogP contribution < -0.4 is 4.74 Å². The van der Waals surface area contributed by atoms with Crippen LogP contribution in [0.4, 0.5) is 0 Å². The van der Waals surface area contributed by atoms with Crippen molar-refractivity contribution in [3.63, 3.8) is 0 Å². The fourth-order valence-electron chi connectivity index (χ4n) is 5.38. The van der Waals surface area contributed by atoms with Crippen LogP contribution in [-0.2, 0) is 0 Å². The molecule has 2 heteroatoms. The molecule has 3 aliphatic rings. The third kappa shape index (κ3) is 3.15. The first-order valence-electron chi connectivity index (χ1n) is 9.70. The van der Waals surface area contributed by atoms with Crippen molar-refractivity contribution in [3.8, 4) is 5.75 Å². The Morgan fingerprint density at radius 3 is 2.43 bits per heavy atom. The van der Waals surface area contributed by atoms with E-state index < -0.39 is 0 Å². The van der Waals surface area contributed by atoms with Crippen molar-refractivity contribution in [2.45, 2.75) is 70.4 Å². The van der Waals surface area contributed by atoms with Crippen LogP contribution in [0.3, 0.4) is 0 Å². The molecule has 2 aliphatic carbocycles. The fraction of sp³-hybridized carbons (Fsp3) is 0.714. The van der Waals surface area contributed by atoms with Crippen molar-refractivity contribution < 1.29 is 4.74 Å². The molecular weight excluding hydrogens is 282 g/mol. The van der Waals surface area contributed by atoms with Gasteiger partial charge in [0, 0.05) is 6.04 Å². The molecule has 0 amide bonds. The minimum absolute atomic E-state index is 0.255. The zero-order chi connectivity index (χ0) is 15.8. The number of benzene rings is 1. The van der Waals surface area contributed by atoms with E-state index in [9.17, 15) is 0 Å². The highest BCUT2D eigenvalue weighted by Gasteiger charge is 2.42. The molecule has 4 rings (SSSR count). The number of hydrogen-bond donors (Lipinski definition) is 0. The van der Waals surface area contributed by atoms with Crippen molar-refractivity contribution in [3.05, 3.63) is 29.8 Å². The van der Waals surface area contributed by atoms with Crippen LogP contribution in [-0.4, -0.2) is 30.1 Å². The first-order valence-corrected chi connectivity index (χ1v) is 9.70. The van der Waals surface area contributed by atoms with Gasteiger partial charge in [-0.2, -0.15) is 0 Å². The van der Waals surface area contributed by atoms with E-state index in [0.717, 1.165) is 23.6 Å². The molecule has 0 aromatic heterocycles. The van der Waals surface area contributed by atoms with Crippen LogP contribution in [0.25, 0.3) is 0 Å². The third-order valence-electron chi connectivity index (χ3n) is 6.42. The molecule has 1 aromatic carbocycles. The number of ether oxygens (including phenoxy) is 1. The van der Waals surface area contributed by atoms with Gasteiger partial charge in [0.25, 0.3) is 0 Å². The van der Waals surface area contributed by atoms with Crippen LogP contribution >= 0.6 is 0 Å². The number of para-hydroxylation sites is 1. The van der Waals surface area contributed by atoms with Crippen LogP contribution in [0.1, 0.15) is 63.9 Å². The largest absolute Gasteiger partial charge is 0.491 e. The molecule has 0 spiro atoms. The molecular formula is C21H31NO. The minimum Gasteiger partial charge on any atom is -0.491 e. The molecule has 1 heterocycles. The Morgan fingerprint density at radius 2 is 1.78 bits per heavy atom. The van der Waals surface area contributed by atoms with E-state index in [2.05, 4.69) is 43.0 Å². The summed E-state index contributed by atoms with van der Waals surface area (Å²) < 4.78 is 6.05. The van der Waals surface area contributed by atoms with Crippen molar-refractivity contribution in [2.24, 2.45) is 11.8 Å². The number of hydrogen-bond acceptors (Lipinski definition) is 2. The Labute approximate surface area is 141 Å². The van der Waals surface area contributed by atoms with Gasteiger partial charge in [-0.05, 0) is 88.4 Å². The number of piperidine rings is 1. The SMILES string of the molecule is CC(C)Oc1ccccc1C1CCN([C@H]2CC3CCC2C3)CC1. The lowest BCUT2D eigenvalue weighted by atomic mass is 9.86. The van der Waals surface area contributed by atoms with Gasteiger partial charge in [0.1, 0.15) is 5.75 Å². The summed E-state index contributed by atoms with van der Waals surface area (Å²) in [6.07, 6.45) is 8.87. The lowest BCUT2D eigenvalue weighted by molar-refractivity contribution is 0.110. The Balaban J connectivity index is 1.40. The molecule has 0 N–H and O–H groups in total. The van der Waals surface area contributed by atoms with E-state index >= 15 is 0 Å². The number of likely N-dealkylation sites (tertiary alicyclic amines) is 1. The number of nitrogens with zero attached hydrogens (tertiary/aromatic N) is 1. The van der Waals surface area contributed by atoms with E-state index in [0.29, 0.717) is 5.92 Å². The van der Waals surface area contributed by atoms with E-state index in [4.69, 9.17) is 4.74 Å². The highest BCUT2D eigenvalue weighted by Crippen LogP contribution is 2.47. The van der Waals surface area contributed by atoms with Crippen molar-refractivity contribution in [1.29, 1.82) is 0 Å². The topological polar surface area (TPSA) is 12.5 Å². The van der Waals surface area contributed by atoms with E-state index in [1.165, 1.54) is 57.2 Å². The highest BCUT2D eigenvalue weighted by molar-refractivity contribution is 5.36. The standard InChI is InChI=1S/C21H31NO/c1-15(2)23-21-6-4-3-5-19(21)17-9-11-22(12-10-17)20-14-16-7-8-18(20)13-16/h3-6,15-18,20H,7-14H2,1-2H3/t16?,18?,20-/m0/s1. The Kier molecular flexibility index (Phi) is 4.36. The summed E-state index contributed by atoms with van der Waals surface area (Å²) in [7, 11) is 0. The van der Waals surface area contributed by atoms with E-state index in [1.807, 2.05) is 0 Å². The highest BCUT2D eigenvalue weighted by atomic mass is 16.5. The summed E-state index contributed by atoms with van der Waals surface area (Å²) >= 11 is 0.